The molecule has 134 valence electrons. The second kappa shape index (κ2) is 7.21. The minimum atomic E-state index is -0.194. The maximum atomic E-state index is 11.4. The Hall–Kier alpha value is -2.80. The summed E-state index contributed by atoms with van der Waals surface area (Å²) in [5, 5.41) is 9.59. The fraction of sp³-hybridized carbons (Fsp3) is 0.368. The highest BCUT2D eigenvalue weighted by molar-refractivity contribution is 5.80. The van der Waals surface area contributed by atoms with Crippen molar-refractivity contribution in [2.45, 2.75) is 19.4 Å². The predicted molar refractivity (Wildman–Crippen MR) is 99.1 cm³/mol. The summed E-state index contributed by atoms with van der Waals surface area (Å²) < 4.78 is 1.83. The number of nitrogens with zero attached hydrogens (tertiary/aromatic N) is 5. The number of benzene rings is 1. The van der Waals surface area contributed by atoms with Crippen molar-refractivity contribution in [2.24, 2.45) is 11.7 Å². The number of aromatic nitrogens is 4. The number of carbonyl (C=O) groups excluding carboxylic acids is 1. The normalized spacial score (nSPS) is 18.2. The lowest BCUT2D eigenvalue weighted by molar-refractivity contribution is -0.123. The van der Waals surface area contributed by atoms with Gasteiger partial charge in [0, 0.05) is 18.5 Å². The van der Waals surface area contributed by atoms with Crippen LogP contribution in [0.25, 0.3) is 22.3 Å². The van der Waals surface area contributed by atoms with Crippen molar-refractivity contribution in [3.63, 3.8) is 0 Å². The Morgan fingerprint density at radius 2 is 2.04 bits per heavy atom. The summed E-state index contributed by atoms with van der Waals surface area (Å²) in [7, 11) is 0. The standard InChI is InChI=1S/C19H22N6O/c20-19(26)15-5-3-9-24(12-15)10-11-25-13-18(22-23-25)17-8-7-14-4-1-2-6-16(14)21-17/h1-2,4,6-8,13,15H,3,5,9-12H2,(H2,20,26). The summed E-state index contributed by atoms with van der Waals surface area (Å²) in [5.74, 6) is -0.225. The third-order valence-corrected chi connectivity index (χ3v) is 4.95. The second-order valence-electron chi connectivity index (χ2n) is 6.80. The molecule has 3 aromatic rings. The van der Waals surface area contributed by atoms with E-state index >= 15 is 0 Å². The molecular weight excluding hydrogens is 328 g/mol. The van der Waals surface area contributed by atoms with Crippen LogP contribution in [0.1, 0.15) is 12.8 Å². The summed E-state index contributed by atoms with van der Waals surface area (Å²) in [5.41, 5.74) is 7.98. The van der Waals surface area contributed by atoms with Gasteiger partial charge in [-0.05, 0) is 31.5 Å². The van der Waals surface area contributed by atoms with Crippen LogP contribution < -0.4 is 5.73 Å². The molecule has 1 unspecified atom stereocenters. The number of fused-ring (bicyclic) bond motifs is 1. The third-order valence-electron chi connectivity index (χ3n) is 4.95. The van der Waals surface area contributed by atoms with Crippen molar-refractivity contribution in [1.29, 1.82) is 0 Å². The van der Waals surface area contributed by atoms with E-state index in [0.29, 0.717) is 0 Å². The minimum absolute atomic E-state index is 0.0307. The highest BCUT2D eigenvalue weighted by Gasteiger charge is 2.23. The second-order valence-corrected chi connectivity index (χ2v) is 6.80. The highest BCUT2D eigenvalue weighted by Crippen LogP contribution is 2.19. The van der Waals surface area contributed by atoms with Crippen LogP contribution in [0.2, 0.25) is 0 Å². The van der Waals surface area contributed by atoms with Crippen molar-refractivity contribution in [3.8, 4) is 11.4 Å². The van der Waals surface area contributed by atoms with Gasteiger partial charge >= 0.3 is 0 Å². The first-order chi connectivity index (χ1) is 12.7. The number of hydrogen-bond donors (Lipinski definition) is 1. The Labute approximate surface area is 151 Å². The van der Waals surface area contributed by atoms with Crippen molar-refractivity contribution in [2.75, 3.05) is 19.6 Å². The fourth-order valence-corrected chi connectivity index (χ4v) is 3.47. The zero-order valence-corrected chi connectivity index (χ0v) is 14.6. The van der Waals surface area contributed by atoms with Crippen LogP contribution in [0.4, 0.5) is 0 Å². The Morgan fingerprint density at radius 1 is 1.15 bits per heavy atom. The molecule has 4 rings (SSSR count). The summed E-state index contributed by atoms with van der Waals surface area (Å²) >= 11 is 0. The van der Waals surface area contributed by atoms with Crippen molar-refractivity contribution < 1.29 is 4.79 Å². The SMILES string of the molecule is NC(=O)C1CCCN(CCn2cc(-c3ccc4ccccc4n3)nn2)C1. The van der Waals surface area contributed by atoms with E-state index in [4.69, 9.17) is 5.73 Å². The first kappa shape index (κ1) is 16.7. The van der Waals surface area contributed by atoms with E-state index in [9.17, 15) is 4.79 Å². The van der Waals surface area contributed by atoms with Gasteiger partial charge in [-0.1, -0.05) is 29.5 Å². The number of piperidine rings is 1. The molecule has 7 heteroatoms. The average molecular weight is 350 g/mol. The number of rotatable bonds is 5. The van der Waals surface area contributed by atoms with Crippen LogP contribution >= 0.6 is 0 Å². The Morgan fingerprint density at radius 3 is 2.92 bits per heavy atom. The third kappa shape index (κ3) is 3.57. The molecule has 1 saturated heterocycles. The first-order valence-electron chi connectivity index (χ1n) is 8.97. The maximum Gasteiger partial charge on any atom is 0.221 e. The quantitative estimate of drug-likeness (QED) is 0.756. The van der Waals surface area contributed by atoms with Gasteiger partial charge in [-0.2, -0.15) is 0 Å². The van der Waals surface area contributed by atoms with E-state index in [1.54, 1.807) is 0 Å². The van der Waals surface area contributed by atoms with Gasteiger partial charge < -0.3 is 10.6 Å². The van der Waals surface area contributed by atoms with Gasteiger partial charge in [0.15, 0.2) is 0 Å². The topological polar surface area (TPSA) is 89.9 Å². The average Bonchev–Trinajstić information content (AvgIpc) is 3.15. The van der Waals surface area contributed by atoms with Gasteiger partial charge in [0.2, 0.25) is 5.91 Å². The van der Waals surface area contributed by atoms with Crippen LogP contribution in [-0.2, 0) is 11.3 Å². The fourth-order valence-electron chi connectivity index (χ4n) is 3.47. The zero-order valence-electron chi connectivity index (χ0n) is 14.6. The summed E-state index contributed by atoms with van der Waals surface area (Å²) in [4.78, 5) is 18.3. The predicted octanol–water partition coefficient (Wildman–Crippen LogP) is 1.69. The molecule has 2 aromatic heterocycles. The number of pyridine rings is 1. The lowest BCUT2D eigenvalue weighted by Crippen LogP contribution is -2.42. The molecule has 0 radical (unpaired) electrons. The summed E-state index contributed by atoms with van der Waals surface area (Å²) in [6, 6.07) is 12.0. The van der Waals surface area contributed by atoms with Gasteiger partial charge in [-0.15, -0.1) is 5.10 Å². The number of carbonyl (C=O) groups is 1. The molecule has 7 nitrogen and oxygen atoms in total. The molecule has 0 spiro atoms. The molecule has 1 fully saturated rings. The largest absolute Gasteiger partial charge is 0.369 e. The number of amides is 1. The summed E-state index contributed by atoms with van der Waals surface area (Å²) in [6.45, 7) is 3.30. The summed E-state index contributed by atoms with van der Waals surface area (Å²) in [6.07, 6.45) is 3.83. The number of likely N-dealkylation sites (tertiary alicyclic amines) is 1. The van der Waals surface area contributed by atoms with Crippen LogP contribution in [0, 0.1) is 5.92 Å². The minimum Gasteiger partial charge on any atom is -0.369 e. The molecule has 26 heavy (non-hydrogen) atoms. The number of primary amides is 1. The Balaban J connectivity index is 1.42. The van der Waals surface area contributed by atoms with E-state index < -0.39 is 0 Å². The zero-order chi connectivity index (χ0) is 17.9. The van der Waals surface area contributed by atoms with Crippen LogP contribution in [-0.4, -0.2) is 50.4 Å². The first-order valence-corrected chi connectivity index (χ1v) is 8.97. The van der Waals surface area contributed by atoms with Crippen LogP contribution in [0.3, 0.4) is 0 Å². The van der Waals surface area contributed by atoms with E-state index in [1.165, 1.54) is 0 Å². The molecule has 3 heterocycles. The van der Waals surface area contributed by atoms with Crippen LogP contribution in [0.15, 0.2) is 42.6 Å². The van der Waals surface area contributed by atoms with E-state index in [1.807, 2.05) is 47.3 Å². The molecule has 1 aliphatic heterocycles. The molecule has 1 aromatic carbocycles. The van der Waals surface area contributed by atoms with E-state index in [2.05, 4.69) is 20.2 Å². The van der Waals surface area contributed by atoms with E-state index in [0.717, 1.165) is 61.3 Å². The molecule has 1 atom stereocenters. The number of nitrogens with two attached hydrogens (primary N) is 1. The maximum absolute atomic E-state index is 11.4. The molecule has 2 N–H and O–H groups in total. The van der Waals surface area contributed by atoms with Crippen molar-refractivity contribution in [1.82, 2.24) is 24.9 Å². The molecule has 1 aliphatic rings. The van der Waals surface area contributed by atoms with E-state index in [-0.39, 0.29) is 11.8 Å². The van der Waals surface area contributed by atoms with Crippen LogP contribution in [0.5, 0.6) is 0 Å². The molecule has 0 aliphatic carbocycles. The molecule has 0 bridgehead atoms. The van der Waals surface area contributed by atoms with Gasteiger partial charge in [-0.3, -0.25) is 9.48 Å². The smallest absolute Gasteiger partial charge is 0.221 e. The van der Waals surface area contributed by atoms with Gasteiger partial charge in [0.1, 0.15) is 5.69 Å². The Bertz CT molecular complexity index is 921. The van der Waals surface area contributed by atoms with Gasteiger partial charge in [0.05, 0.1) is 29.9 Å². The highest BCUT2D eigenvalue weighted by atomic mass is 16.1. The Kier molecular flexibility index (Phi) is 4.62. The number of hydrogen-bond acceptors (Lipinski definition) is 5. The van der Waals surface area contributed by atoms with Crippen molar-refractivity contribution in [3.05, 3.63) is 42.6 Å². The lowest BCUT2D eigenvalue weighted by atomic mass is 9.97. The van der Waals surface area contributed by atoms with Gasteiger partial charge in [0.25, 0.3) is 0 Å². The molecular formula is C19H22N6O. The molecule has 0 saturated carbocycles. The van der Waals surface area contributed by atoms with Crippen molar-refractivity contribution >= 4 is 16.8 Å². The monoisotopic (exact) mass is 350 g/mol. The number of para-hydroxylation sites is 1. The van der Waals surface area contributed by atoms with Gasteiger partial charge in [-0.25, -0.2) is 4.98 Å². The molecule has 1 amide bonds. The lowest BCUT2D eigenvalue weighted by Gasteiger charge is -2.30.